The molecule has 156 valence electrons. The largest absolute Gasteiger partial charge is 0.370 e. The summed E-state index contributed by atoms with van der Waals surface area (Å²) in [7, 11) is 3.35. The Kier molecular flexibility index (Phi) is 42.4. The molecule has 0 aromatic carbocycles. The van der Waals surface area contributed by atoms with Crippen molar-refractivity contribution in [3.63, 3.8) is 0 Å². The first kappa shape index (κ1) is 36.3. The van der Waals surface area contributed by atoms with E-state index in [0.29, 0.717) is 11.9 Å². The molecule has 8 nitrogen and oxygen atoms in total. The van der Waals surface area contributed by atoms with Gasteiger partial charge in [-0.3, -0.25) is 9.98 Å². The third-order valence-electron chi connectivity index (χ3n) is 2.86. The molecule has 0 unspecified atom stereocenters. The van der Waals surface area contributed by atoms with Crippen LogP contribution in [0.5, 0.6) is 0 Å². The van der Waals surface area contributed by atoms with Gasteiger partial charge in [0.2, 0.25) is 0 Å². The van der Waals surface area contributed by atoms with E-state index in [1.54, 1.807) is 14.1 Å². The van der Waals surface area contributed by atoms with E-state index >= 15 is 0 Å². The summed E-state index contributed by atoms with van der Waals surface area (Å²) in [5, 5.41) is 12.8. The van der Waals surface area contributed by atoms with Crippen molar-refractivity contribution in [1.82, 2.24) is 21.3 Å². The Balaban J connectivity index is -0.000000333. The molecule has 0 saturated heterocycles. The molecule has 25 heavy (non-hydrogen) atoms. The predicted octanol–water partition coefficient (Wildman–Crippen LogP) is 0.716. The topological polar surface area (TPSA) is 125 Å². The zero-order chi connectivity index (χ0) is 15.8. The molecule has 0 atom stereocenters. The summed E-state index contributed by atoms with van der Waals surface area (Å²) < 4.78 is 0. The third kappa shape index (κ3) is 29.4. The van der Waals surface area contributed by atoms with Gasteiger partial charge in [0.1, 0.15) is 0 Å². The predicted molar refractivity (Wildman–Crippen MR) is 132 cm³/mol. The zero-order valence-electron chi connectivity index (χ0n) is 15.0. The Hall–Kier alpha value is 0.380. The lowest BCUT2D eigenvalue weighted by Gasteiger charge is -2.08. The number of nitrogens with two attached hydrogens (primary N) is 2. The lowest BCUT2D eigenvalue weighted by molar-refractivity contribution is 0.572. The van der Waals surface area contributed by atoms with Crippen molar-refractivity contribution in [2.24, 2.45) is 21.5 Å². The van der Waals surface area contributed by atoms with Crippen LogP contribution in [0.4, 0.5) is 0 Å². The fourth-order valence-corrected chi connectivity index (χ4v) is 1.61. The first-order chi connectivity index (χ1) is 10.2. The monoisotopic (exact) mass is 620 g/mol. The lowest BCUT2D eigenvalue weighted by Crippen LogP contribution is -2.34. The van der Waals surface area contributed by atoms with Crippen molar-refractivity contribution in [1.29, 1.82) is 0 Å². The molecule has 12 heteroatoms. The second-order valence-electron chi connectivity index (χ2n) is 4.63. The lowest BCUT2D eigenvalue weighted by atomic mass is 10.3. The van der Waals surface area contributed by atoms with E-state index in [4.69, 9.17) is 11.5 Å². The summed E-state index contributed by atoms with van der Waals surface area (Å²) in [5.41, 5.74) is 11.0. The van der Waals surface area contributed by atoms with Gasteiger partial charge in [0.05, 0.1) is 0 Å². The van der Waals surface area contributed by atoms with Crippen LogP contribution >= 0.6 is 67.9 Å². The van der Waals surface area contributed by atoms with Crippen LogP contribution in [-0.2, 0) is 0 Å². The Morgan fingerprint density at radius 3 is 1.16 bits per heavy atom. The molecule has 0 saturated carbocycles. The molecule has 0 aliphatic carbocycles. The van der Waals surface area contributed by atoms with Gasteiger partial charge in [0.25, 0.3) is 0 Å². The minimum Gasteiger partial charge on any atom is -0.370 e. The van der Waals surface area contributed by atoms with Crippen molar-refractivity contribution in [3.8, 4) is 0 Å². The molecular formula is C13H36Br4N8. The molecular weight excluding hydrogens is 588 g/mol. The first-order valence-electron chi connectivity index (χ1n) is 7.54. The fraction of sp³-hybridized carbons (Fsp3) is 0.846. The number of halogens is 4. The van der Waals surface area contributed by atoms with Gasteiger partial charge in [-0.15, -0.1) is 67.9 Å². The minimum atomic E-state index is 0. The average Bonchev–Trinajstić information content (AvgIpc) is 2.51. The standard InChI is InChI=1S/C13H32N8.4BrH/c1-16-12(14)20-10-4-8-18-6-3-7-19-9-5-11-21-13(15)17-2;;;;/h18-19H,3-11H2,1-2H3,(H3,14,16,20)(H3,15,17,21);4*1H. The maximum Gasteiger partial charge on any atom is 0.188 e. The SMILES string of the molecule is Br.Br.Br.Br.CN=C(N)NCCCNCCCNCCCNC(N)=NC. The van der Waals surface area contributed by atoms with Gasteiger partial charge < -0.3 is 32.7 Å². The number of nitrogens with one attached hydrogen (secondary N) is 4. The molecule has 0 spiro atoms. The Bertz CT molecular complexity index is 278. The van der Waals surface area contributed by atoms with Crippen LogP contribution in [0.2, 0.25) is 0 Å². The smallest absolute Gasteiger partial charge is 0.188 e. The molecule has 8 N–H and O–H groups in total. The summed E-state index contributed by atoms with van der Waals surface area (Å²) in [4.78, 5) is 7.66. The van der Waals surface area contributed by atoms with Crippen LogP contribution in [0, 0.1) is 0 Å². The molecule has 0 aliphatic rings. The summed E-state index contributed by atoms with van der Waals surface area (Å²) >= 11 is 0. The number of hydrogen-bond acceptors (Lipinski definition) is 4. The number of rotatable bonds is 12. The van der Waals surface area contributed by atoms with Crippen molar-refractivity contribution in [3.05, 3.63) is 0 Å². The summed E-state index contributed by atoms with van der Waals surface area (Å²) in [6.07, 6.45) is 3.20. The van der Waals surface area contributed by atoms with Gasteiger partial charge in [-0.25, -0.2) is 0 Å². The highest BCUT2D eigenvalue weighted by Gasteiger charge is 1.92. The van der Waals surface area contributed by atoms with Crippen LogP contribution in [0.1, 0.15) is 19.3 Å². The molecule has 0 aliphatic heterocycles. The number of aliphatic imine (C=N–C) groups is 2. The van der Waals surface area contributed by atoms with E-state index in [1.165, 1.54) is 0 Å². The molecule has 0 radical (unpaired) electrons. The van der Waals surface area contributed by atoms with Crippen LogP contribution in [-0.4, -0.2) is 65.3 Å². The molecule has 0 bridgehead atoms. The van der Waals surface area contributed by atoms with Gasteiger partial charge >= 0.3 is 0 Å². The molecule has 0 heterocycles. The molecule has 0 rings (SSSR count). The minimum absolute atomic E-state index is 0. The molecule has 0 fully saturated rings. The van der Waals surface area contributed by atoms with Crippen molar-refractivity contribution in [2.45, 2.75) is 19.3 Å². The van der Waals surface area contributed by atoms with Crippen molar-refractivity contribution in [2.75, 3.05) is 53.4 Å². The van der Waals surface area contributed by atoms with Gasteiger partial charge in [0.15, 0.2) is 11.9 Å². The van der Waals surface area contributed by atoms with Crippen molar-refractivity contribution < 1.29 is 0 Å². The maximum absolute atomic E-state index is 5.52. The van der Waals surface area contributed by atoms with E-state index < -0.39 is 0 Å². The van der Waals surface area contributed by atoms with E-state index in [9.17, 15) is 0 Å². The van der Waals surface area contributed by atoms with Gasteiger partial charge in [0, 0.05) is 27.2 Å². The Morgan fingerprint density at radius 1 is 0.600 bits per heavy atom. The number of guanidine groups is 2. The fourth-order valence-electron chi connectivity index (χ4n) is 1.61. The second kappa shape index (κ2) is 29.2. The highest BCUT2D eigenvalue weighted by Crippen LogP contribution is 1.79. The second-order valence-corrected chi connectivity index (χ2v) is 4.63. The number of nitrogens with zero attached hydrogens (tertiary/aromatic N) is 2. The first-order valence-corrected chi connectivity index (χ1v) is 7.54. The summed E-state index contributed by atoms with van der Waals surface area (Å²) in [6.45, 7) is 5.74. The quantitative estimate of drug-likeness (QED) is 0.108. The van der Waals surface area contributed by atoms with Gasteiger partial charge in [-0.05, 0) is 45.4 Å². The van der Waals surface area contributed by atoms with E-state index in [1.807, 2.05) is 0 Å². The third-order valence-corrected chi connectivity index (χ3v) is 2.86. The average molecular weight is 624 g/mol. The van der Waals surface area contributed by atoms with Gasteiger partial charge in [-0.2, -0.15) is 0 Å². The van der Waals surface area contributed by atoms with Crippen LogP contribution in [0.25, 0.3) is 0 Å². The highest BCUT2D eigenvalue weighted by atomic mass is 79.9. The Morgan fingerprint density at radius 2 is 0.880 bits per heavy atom. The van der Waals surface area contributed by atoms with E-state index in [-0.39, 0.29) is 67.9 Å². The molecule has 0 aromatic rings. The van der Waals surface area contributed by atoms with Crippen LogP contribution < -0.4 is 32.7 Å². The summed E-state index contributed by atoms with van der Waals surface area (Å²) in [5.74, 6) is 1.00. The maximum atomic E-state index is 5.52. The molecule has 0 aromatic heterocycles. The summed E-state index contributed by atoms with van der Waals surface area (Å²) in [6, 6.07) is 0. The van der Waals surface area contributed by atoms with E-state index in [2.05, 4.69) is 31.3 Å². The normalized spacial score (nSPS) is 10.5. The molecule has 0 amide bonds. The van der Waals surface area contributed by atoms with Crippen LogP contribution in [0.15, 0.2) is 9.98 Å². The number of hydrogen-bond donors (Lipinski definition) is 6. The Labute approximate surface area is 194 Å². The highest BCUT2D eigenvalue weighted by molar-refractivity contribution is 8.93. The van der Waals surface area contributed by atoms with Crippen LogP contribution in [0.3, 0.4) is 0 Å². The van der Waals surface area contributed by atoms with Gasteiger partial charge in [-0.1, -0.05) is 0 Å². The van der Waals surface area contributed by atoms with E-state index in [0.717, 1.165) is 58.5 Å². The van der Waals surface area contributed by atoms with Crippen molar-refractivity contribution >= 4 is 79.8 Å². The zero-order valence-corrected chi connectivity index (χ0v) is 21.9.